The van der Waals surface area contributed by atoms with E-state index in [1.807, 2.05) is 12.1 Å². The molecule has 1 aromatic carbocycles. The minimum Gasteiger partial charge on any atom is -0.298 e. The molecule has 0 radical (unpaired) electrons. The average Bonchev–Trinajstić information content (AvgIpc) is 2.40. The molecule has 2 rings (SSSR count). The van der Waals surface area contributed by atoms with E-state index in [9.17, 15) is 4.79 Å². The van der Waals surface area contributed by atoms with Crippen LogP contribution >= 0.6 is 0 Å². The fraction of sp³-hybridized carbons (Fsp3) is 0.588. The van der Waals surface area contributed by atoms with Gasteiger partial charge in [0.05, 0.1) is 0 Å². The van der Waals surface area contributed by atoms with Gasteiger partial charge in [0.25, 0.3) is 0 Å². The van der Waals surface area contributed by atoms with Crippen LogP contribution in [0.1, 0.15) is 72.9 Å². The summed E-state index contributed by atoms with van der Waals surface area (Å²) in [5.41, 5.74) is 3.52. The highest BCUT2D eigenvalue weighted by molar-refractivity contribution is 5.78. The van der Waals surface area contributed by atoms with Gasteiger partial charge in [-0.05, 0) is 55.6 Å². The van der Waals surface area contributed by atoms with Crippen LogP contribution in [0.5, 0.6) is 0 Å². The number of benzene rings is 1. The van der Waals surface area contributed by atoms with E-state index in [4.69, 9.17) is 0 Å². The quantitative estimate of drug-likeness (QED) is 0.690. The van der Waals surface area contributed by atoms with Crippen LogP contribution in [0.3, 0.4) is 0 Å². The Morgan fingerprint density at radius 1 is 1.22 bits per heavy atom. The predicted molar refractivity (Wildman–Crippen MR) is 76.2 cm³/mol. The first-order chi connectivity index (χ1) is 8.76. The molecule has 1 heteroatoms. The fourth-order valence-corrected chi connectivity index (χ4v) is 3.51. The third-order valence-electron chi connectivity index (χ3n) is 4.44. The zero-order chi connectivity index (χ0) is 13.0. The Bertz CT molecular complexity index is 400. The molecule has 1 saturated carbocycles. The van der Waals surface area contributed by atoms with Crippen molar-refractivity contribution in [3.05, 3.63) is 34.9 Å². The zero-order valence-corrected chi connectivity index (χ0v) is 11.6. The molecule has 1 nitrogen and oxygen atoms in total. The SMILES string of the molecule is CCCC1CCC(c2c(C)cccc2C=O)CC1. The van der Waals surface area contributed by atoms with Crippen LogP contribution in [0.25, 0.3) is 0 Å². The van der Waals surface area contributed by atoms with Gasteiger partial charge in [0.1, 0.15) is 6.29 Å². The van der Waals surface area contributed by atoms with Crippen molar-refractivity contribution in [2.24, 2.45) is 5.92 Å². The van der Waals surface area contributed by atoms with Crippen LogP contribution in [0.4, 0.5) is 0 Å². The molecular weight excluding hydrogens is 220 g/mol. The molecular formula is C17H24O. The van der Waals surface area contributed by atoms with Gasteiger partial charge in [-0.1, -0.05) is 38.0 Å². The fourth-order valence-electron chi connectivity index (χ4n) is 3.51. The Morgan fingerprint density at radius 2 is 1.94 bits per heavy atom. The lowest BCUT2D eigenvalue weighted by atomic mass is 9.75. The Hall–Kier alpha value is -1.11. The van der Waals surface area contributed by atoms with Gasteiger partial charge in [-0.2, -0.15) is 0 Å². The van der Waals surface area contributed by atoms with Crippen molar-refractivity contribution in [2.45, 2.75) is 58.3 Å². The second-order valence-corrected chi connectivity index (χ2v) is 5.70. The monoisotopic (exact) mass is 244 g/mol. The summed E-state index contributed by atoms with van der Waals surface area (Å²) in [5, 5.41) is 0. The first-order valence-electron chi connectivity index (χ1n) is 7.31. The highest BCUT2D eigenvalue weighted by atomic mass is 16.1. The number of aryl methyl sites for hydroxylation is 1. The summed E-state index contributed by atoms with van der Waals surface area (Å²) < 4.78 is 0. The molecule has 1 aliphatic rings. The maximum Gasteiger partial charge on any atom is 0.150 e. The number of hydrogen-bond acceptors (Lipinski definition) is 1. The summed E-state index contributed by atoms with van der Waals surface area (Å²) in [6.07, 6.45) is 8.91. The first-order valence-corrected chi connectivity index (χ1v) is 7.31. The van der Waals surface area contributed by atoms with Crippen LogP contribution in [0, 0.1) is 12.8 Å². The van der Waals surface area contributed by atoms with Crippen LogP contribution in [-0.2, 0) is 0 Å². The van der Waals surface area contributed by atoms with E-state index < -0.39 is 0 Å². The number of hydrogen-bond donors (Lipinski definition) is 0. The number of carbonyl (C=O) groups is 1. The van der Waals surface area contributed by atoms with Crippen molar-refractivity contribution in [1.29, 1.82) is 0 Å². The molecule has 0 spiro atoms. The van der Waals surface area contributed by atoms with Crippen molar-refractivity contribution < 1.29 is 4.79 Å². The van der Waals surface area contributed by atoms with Gasteiger partial charge in [0.15, 0.2) is 0 Å². The molecule has 1 aliphatic carbocycles. The third-order valence-corrected chi connectivity index (χ3v) is 4.44. The van der Waals surface area contributed by atoms with E-state index in [-0.39, 0.29) is 0 Å². The van der Waals surface area contributed by atoms with Crippen molar-refractivity contribution in [3.8, 4) is 0 Å². The zero-order valence-electron chi connectivity index (χ0n) is 11.6. The molecule has 0 unspecified atom stereocenters. The third kappa shape index (κ3) is 2.82. The lowest BCUT2D eigenvalue weighted by Gasteiger charge is -2.30. The van der Waals surface area contributed by atoms with Crippen molar-refractivity contribution >= 4 is 6.29 Å². The molecule has 0 atom stereocenters. The molecule has 0 N–H and O–H groups in total. The topological polar surface area (TPSA) is 17.1 Å². The first kappa shape index (κ1) is 13.3. The van der Waals surface area contributed by atoms with Gasteiger partial charge in [-0.25, -0.2) is 0 Å². The molecule has 0 bridgehead atoms. The summed E-state index contributed by atoms with van der Waals surface area (Å²) >= 11 is 0. The maximum absolute atomic E-state index is 11.2. The van der Waals surface area contributed by atoms with Crippen molar-refractivity contribution in [3.63, 3.8) is 0 Å². The predicted octanol–water partition coefficient (Wildman–Crippen LogP) is 4.88. The molecule has 1 fully saturated rings. The van der Waals surface area contributed by atoms with Gasteiger partial charge < -0.3 is 0 Å². The molecule has 0 saturated heterocycles. The van der Waals surface area contributed by atoms with E-state index in [0.717, 1.165) is 17.8 Å². The minimum absolute atomic E-state index is 0.611. The van der Waals surface area contributed by atoms with Gasteiger partial charge in [0, 0.05) is 5.56 Å². The Labute approximate surface area is 111 Å². The summed E-state index contributed by atoms with van der Waals surface area (Å²) in [6, 6.07) is 6.10. The van der Waals surface area contributed by atoms with Crippen LogP contribution in [0.2, 0.25) is 0 Å². The molecule has 0 aliphatic heterocycles. The lowest BCUT2D eigenvalue weighted by molar-refractivity contribution is 0.112. The van der Waals surface area contributed by atoms with E-state index in [2.05, 4.69) is 19.9 Å². The average molecular weight is 244 g/mol. The van der Waals surface area contributed by atoms with Gasteiger partial charge in [-0.3, -0.25) is 4.79 Å². The van der Waals surface area contributed by atoms with Crippen molar-refractivity contribution in [1.82, 2.24) is 0 Å². The summed E-state index contributed by atoms with van der Waals surface area (Å²) in [4.78, 5) is 11.2. The van der Waals surface area contributed by atoms with Gasteiger partial charge in [-0.15, -0.1) is 0 Å². The Balaban J connectivity index is 2.12. The van der Waals surface area contributed by atoms with Crippen LogP contribution in [-0.4, -0.2) is 6.29 Å². The minimum atomic E-state index is 0.611. The maximum atomic E-state index is 11.2. The van der Waals surface area contributed by atoms with Crippen molar-refractivity contribution in [2.75, 3.05) is 0 Å². The smallest absolute Gasteiger partial charge is 0.150 e. The number of carbonyl (C=O) groups excluding carboxylic acids is 1. The molecule has 0 amide bonds. The molecule has 1 aromatic rings. The largest absolute Gasteiger partial charge is 0.298 e. The van der Waals surface area contributed by atoms with E-state index >= 15 is 0 Å². The van der Waals surface area contributed by atoms with Crippen LogP contribution < -0.4 is 0 Å². The highest BCUT2D eigenvalue weighted by Crippen LogP contribution is 2.39. The number of aldehydes is 1. The molecule has 18 heavy (non-hydrogen) atoms. The molecule has 0 aromatic heterocycles. The highest BCUT2D eigenvalue weighted by Gasteiger charge is 2.24. The van der Waals surface area contributed by atoms with E-state index in [1.165, 1.54) is 49.7 Å². The van der Waals surface area contributed by atoms with Crippen LogP contribution in [0.15, 0.2) is 18.2 Å². The Morgan fingerprint density at radius 3 is 2.56 bits per heavy atom. The lowest BCUT2D eigenvalue weighted by Crippen LogP contribution is -2.15. The normalized spacial score (nSPS) is 23.9. The second kappa shape index (κ2) is 6.17. The molecule has 98 valence electrons. The van der Waals surface area contributed by atoms with Gasteiger partial charge >= 0.3 is 0 Å². The van der Waals surface area contributed by atoms with E-state index in [1.54, 1.807) is 0 Å². The summed E-state index contributed by atoms with van der Waals surface area (Å²) in [6.45, 7) is 4.42. The Kier molecular flexibility index (Phi) is 4.57. The molecule has 0 heterocycles. The van der Waals surface area contributed by atoms with E-state index in [0.29, 0.717) is 5.92 Å². The number of rotatable bonds is 4. The standard InChI is InChI=1S/C17H24O/c1-3-5-14-8-10-15(11-9-14)17-13(2)6-4-7-16(17)12-18/h4,6-7,12,14-15H,3,5,8-11H2,1-2H3. The summed E-state index contributed by atoms with van der Waals surface area (Å²) in [7, 11) is 0. The summed E-state index contributed by atoms with van der Waals surface area (Å²) in [5.74, 6) is 1.54. The van der Waals surface area contributed by atoms with Gasteiger partial charge in [0.2, 0.25) is 0 Å². The second-order valence-electron chi connectivity index (χ2n) is 5.70.